The number of halogens is 24. The highest BCUT2D eigenvalue weighted by Crippen LogP contribution is 2.41. The molecule has 0 aliphatic rings. The van der Waals surface area contributed by atoms with E-state index in [-0.39, 0.29) is 8.80 Å². The van der Waals surface area contributed by atoms with E-state index < -0.39 is 195 Å². The second-order valence-corrected chi connectivity index (χ2v) is 17.7. The maximum atomic E-state index is 14.2. The van der Waals surface area contributed by atoms with Crippen molar-refractivity contribution in [3.8, 4) is 0 Å². The summed E-state index contributed by atoms with van der Waals surface area (Å²) in [4.78, 5) is 0. The molecule has 26 heteroatoms. The summed E-state index contributed by atoms with van der Waals surface area (Å²) in [5.74, 6) is 0. The molecule has 0 aliphatic carbocycles. The lowest BCUT2D eigenvalue weighted by molar-refractivity contribution is -0.144. The van der Waals surface area contributed by atoms with Gasteiger partial charge in [-0.05, 0) is 45.0 Å². The molecule has 64 heavy (non-hydrogen) atoms. The Morgan fingerprint density at radius 1 is 0.266 bits per heavy atom. The van der Waals surface area contributed by atoms with Gasteiger partial charge in [-0.3, -0.25) is 0 Å². The third-order valence-electron chi connectivity index (χ3n) is 9.94. The van der Waals surface area contributed by atoms with Gasteiger partial charge in [0.05, 0.1) is 62.6 Å². The number of hydrogen-bond donors (Lipinski definition) is 0. The quantitative estimate of drug-likeness (QED) is 0.128. The van der Waals surface area contributed by atoms with Crippen LogP contribution in [-0.4, -0.2) is 14.9 Å². The van der Waals surface area contributed by atoms with Crippen molar-refractivity contribution in [3.05, 3.63) is 117 Å². The fraction of sp³-hybridized carbons (Fsp3) is 0.368. The van der Waals surface area contributed by atoms with E-state index >= 15 is 0 Å². The van der Waals surface area contributed by atoms with Crippen molar-refractivity contribution in [1.29, 1.82) is 0 Å². The summed E-state index contributed by atoms with van der Waals surface area (Å²) in [5.41, 5.74) is -30.2. The van der Waals surface area contributed by atoms with Gasteiger partial charge in [0.1, 0.15) is 6.15 Å². The SMILES string of the molecule is CC[Si+](CC)CC.FC(F)(F)c1cc([B-](c2cc(C(F)(F)F)cc(C(F)(F)F)c2)(c2cc(C(F)(F)F)cc(C(F)(F)F)c2)c2cc(C(F)(F)F)cc(C(F)(F)F)c2)cc(C(F)(F)F)c1. The molecule has 0 aliphatic heterocycles. The molecule has 4 aromatic carbocycles. The number of benzene rings is 4. The van der Waals surface area contributed by atoms with Crippen LogP contribution in [0.15, 0.2) is 72.8 Å². The lowest BCUT2D eigenvalue weighted by Gasteiger charge is -2.46. The van der Waals surface area contributed by atoms with E-state index in [1.165, 1.54) is 18.1 Å². The van der Waals surface area contributed by atoms with Crippen molar-refractivity contribution in [2.24, 2.45) is 0 Å². The molecule has 354 valence electrons. The minimum Gasteiger partial charge on any atom is -0.194 e. The minimum atomic E-state index is -6.13. The molecule has 0 nitrogen and oxygen atoms in total. The molecule has 0 bridgehead atoms. The van der Waals surface area contributed by atoms with Gasteiger partial charge < -0.3 is 0 Å². The van der Waals surface area contributed by atoms with Crippen molar-refractivity contribution >= 4 is 36.8 Å². The average molecular weight is 978 g/mol. The monoisotopic (exact) mass is 978 g/mol. The molecule has 0 aromatic heterocycles. The molecule has 0 unspecified atom stereocenters. The molecule has 0 saturated heterocycles. The predicted molar refractivity (Wildman–Crippen MR) is 187 cm³/mol. The third-order valence-corrected chi connectivity index (χ3v) is 12.9. The van der Waals surface area contributed by atoms with Gasteiger partial charge in [-0.1, -0.05) is 48.5 Å². The number of hydrogen-bond acceptors (Lipinski definition) is 0. The summed E-state index contributed by atoms with van der Waals surface area (Å²) in [7, 11) is 0.137. The van der Waals surface area contributed by atoms with Gasteiger partial charge in [0.25, 0.3) is 0 Å². The van der Waals surface area contributed by atoms with Gasteiger partial charge in [-0.25, -0.2) is 0 Å². The van der Waals surface area contributed by atoms with Crippen LogP contribution < -0.4 is 21.9 Å². The molecular weight excluding hydrogens is 951 g/mol. The van der Waals surface area contributed by atoms with Crippen molar-refractivity contribution in [3.63, 3.8) is 0 Å². The first kappa shape index (κ1) is 53.8. The zero-order valence-corrected chi connectivity index (χ0v) is 33.2. The van der Waals surface area contributed by atoms with Crippen LogP contribution in [0.4, 0.5) is 105 Å². The van der Waals surface area contributed by atoms with E-state index in [1.54, 1.807) is 0 Å². The largest absolute Gasteiger partial charge is 0.416 e. The Morgan fingerprint density at radius 3 is 0.469 bits per heavy atom. The first-order valence-corrected chi connectivity index (χ1v) is 19.9. The molecule has 0 spiro atoms. The lowest BCUT2D eigenvalue weighted by atomic mass is 9.12. The molecule has 0 radical (unpaired) electrons. The Bertz CT molecular complexity index is 1800. The zero-order chi connectivity index (χ0) is 49.6. The van der Waals surface area contributed by atoms with Crippen molar-refractivity contribution in [1.82, 2.24) is 0 Å². The molecule has 4 rings (SSSR count). The molecule has 0 heterocycles. The highest BCUT2D eigenvalue weighted by atomic mass is 28.3. The highest BCUT2D eigenvalue weighted by Gasteiger charge is 2.47. The fourth-order valence-corrected chi connectivity index (χ4v) is 8.32. The minimum absolute atomic E-state index is 0.137. The average Bonchev–Trinajstić information content (AvgIpc) is 3.13. The summed E-state index contributed by atoms with van der Waals surface area (Å²) in [5, 5.41) is 0. The van der Waals surface area contributed by atoms with E-state index in [4.69, 9.17) is 0 Å². The molecular formula is C38H27BF24Si. The van der Waals surface area contributed by atoms with E-state index in [2.05, 4.69) is 20.8 Å². The summed E-state index contributed by atoms with van der Waals surface area (Å²) in [6.45, 7) is 6.92. The second kappa shape index (κ2) is 18.0. The smallest absolute Gasteiger partial charge is 0.194 e. The van der Waals surface area contributed by atoms with Crippen LogP contribution in [0.1, 0.15) is 65.3 Å². The molecule has 0 atom stereocenters. The fourth-order valence-electron chi connectivity index (χ4n) is 6.82. The number of alkyl halides is 24. The molecule has 0 N–H and O–H groups in total. The summed E-state index contributed by atoms with van der Waals surface area (Å²) >= 11 is 0. The Kier molecular flexibility index (Phi) is 15.2. The van der Waals surface area contributed by atoms with Crippen LogP contribution >= 0.6 is 0 Å². The maximum absolute atomic E-state index is 14.2. The number of rotatable bonds is 7. The van der Waals surface area contributed by atoms with Gasteiger partial charge in [0.15, 0.2) is 0 Å². The molecule has 0 fully saturated rings. The van der Waals surface area contributed by atoms with Crippen LogP contribution in [0.5, 0.6) is 0 Å². The van der Waals surface area contributed by atoms with Gasteiger partial charge in [-0.15, -0.1) is 0 Å². The second-order valence-electron chi connectivity index (χ2n) is 14.0. The first-order valence-electron chi connectivity index (χ1n) is 17.8. The third kappa shape index (κ3) is 12.4. The van der Waals surface area contributed by atoms with Crippen LogP contribution in [0, 0.1) is 0 Å². The van der Waals surface area contributed by atoms with E-state index in [1.807, 2.05) is 0 Å². The maximum Gasteiger partial charge on any atom is 0.416 e. The zero-order valence-electron chi connectivity index (χ0n) is 32.2. The first-order chi connectivity index (χ1) is 28.6. The van der Waals surface area contributed by atoms with Crippen molar-refractivity contribution in [2.75, 3.05) is 0 Å². The Labute approximate surface area is 347 Å². The van der Waals surface area contributed by atoms with Crippen LogP contribution in [0.2, 0.25) is 18.1 Å². The summed E-state index contributed by atoms with van der Waals surface area (Å²) in [6, 6.07) is -4.44. The van der Waals surface area contributed by atoms with E-state index in [0.717, 1.165) is 0 Å². The molecule has 4 aromatic rings. The Morgan fingerprint density at radius 2 is 0.391 bits per heavy atom. The van der Waals surface area contributed by atoms with Gasteiger partial charge in [0.2, 0.25) is 0 Å². The Balaban J connectivity index is 0.00000143. The summed E-state index contributed by atoms with van der Waals surface area (Å²) in [6.07, 6.45) is -54.8. The van der Waals surface area contributed by atoms with Crippen molar-refractivity contribution < 1.29 is 105 Å². The highest BCUT2D eigenvalue weighted by molar-refractivity contribution is 7.20. The summed E-state index contributed by atoms with van der Waals surface area (Å²) < 4.78 is 341. The van der Waals surface area contributed by atoms with Gasteiger partial charge >= 0.3 is 58.2 Å². The standard InChI is InChI=1S/C32H12BF24.C6H15Si/c34-25(35,36)13-1-14(26(37,38)39)6-21(5-13)33(22-7-15(27(40,41)42)2-16(8-22)28(43,44)45,23-9-17(29(46,47)48)3-18(10-23)30(49,50)51)24-11-19(31(52,53)54)4-20(12-24)32(55,56)57;1-4-7(5-2)6-3/h1-12H;4-6H2,1-3H3/q-1;+1. The van der Waals surface area contributed by atoms with Crippen LogP contribution in [0.3, 0.4) is 0 Å². The van der Waals surface area contributed by atoms with Crippen molar-refractivity contribution in [2.45, 2.75) is 88.3 Å². The van der Waals surface area contributed by atoms with E-state index in [9.17, 15) is 105 Å². The normalized spacial score (nSPS) is 13.7. The Hall–Kier alpha value is -4.52. The van der Waals surface area contributed by atoms with Crippen LogP contribution in [-0.2, 0) is 49.4 Å². The van der Waals surface area contributed by atoms with E-state index in [0.29, 0.717) is 0 Å². The van der Waals surface area contributed by atoms with Gasteiger partial charge in [0, 0.05) is 0 Å². The van der Waals surface area contributed by atoms with Crippen LogP contribution in [0.25, 0.3) is 0 Å². The molecule has 0 amide bonds. The molecule has 0 saturated carbocycles. The van der Waals surface area contributed by atoms with Gasteiger partial charge in [-0.2, -0.15) is 127 Å². The predicted octanol–water partition coefficient (Wildman–Crippen LogP) is 13.8. The lowest BCUT2D eigenvalue weighted by Crippen LogP contribution is -2.75. The topological polar surface area (TPSA) is 0 Å².